The molecule has 0 aromatic heterocycles. The van der Waals surface area contributed by atoms with Crippen LogP contribution in [0.15, 0.2) is 0 Å². The van der Waals surface area contributed by atoms with Gasteiger partial charge >= 0.3 is 10.4 Å². The van der Waals surface area contributed by atoms with Gasteiger partial charge in [-0.25, -0.2) is 4.18 Å². The molecule has 0 N–H and O–H groups in total. The molecule has 0 aliphatic carbocycles. The number of hydrogen-bond acceptors (Lipinski definition) is 4. The van der Waals surface area contributed by atoms with Crippen molar-refractivity contribution in [3.05, 3.63) is 7.11 Å². The fraction of sp³-hybridized carbons (Fsp3) is 0.500. The molecule has 0 bridgehead atoms. The van der Waals surface area contributed by atoms with E-state index in [1.807, 2.05) is 0 Å². The molecule has 0 aromatic rings. The summed E-state index contributed by atoms with van der Waals surface area (Å²) in [6.07, 6.45) is 0. The number of rotatable bonds is 2. The third kappa shape index (κ3) is 2.44. The van der Waals surface area contributed by atoms with Crippen molar-refractivity contribution >= 4 is 10.4 Å². The van der Waals surface area contributed by atoms with E-state index in [2.05, 4.69) is 15.5 Å². The highest BCUT2D eigenvalue weighted by molar-refractivity contribution is 7.81. The van der Waals surface area contributed by atoms with Crippen molar-refractivity contribution in [2.24, 2.45) is 0 Å². The Hall–Kier alpha value is -0.260. The summed E-state index contributed by atoms with van der Waals surface area (Å²) >= 11 is 0. The van der Waals surface area contributed by atoms with Gasteiger partial charge < -0.3 is 0 Å². The van der Waals surface area contributed by atoms with E-state index in [1.165, 1.54) is 0 Å². The summed E-state index contributed by atoms with van der Waals surface area (Å²) in [6.45, 7) is 0. The van der Waals surface area contributed by atoms with Gasteiger partial charge in [-0.15, -0.1) is 0 Å². The molecule has 0 spiro atoms. The van der Waals surface area contributed by atoms with Gasteiger partial charge in [0.15, 0.2) is 0 Å². The van der Waals surface area contributed by atoms with Crippen LogP contribution in [0.25, 0.3) is 0 Å². The SMILES string of the molecule is [CH2+]OS(=O)(=O)OC. The molecule has 0 aliphatic heterocycles. The second-order valence-corrected chi connectivity index (χ2v) is 2.08. The molecular weight excluding hydrogens is 120 g/mol. The van der Waals surface area contributed by atoms with Crippen LogP contribution in [0.4, 0.5) is 0 Å². The smallest absolute Gasteiger partial charge is 0.249 e. The molecule has 0 rings (SSSR count). The van der Waals surface area contributed by atoms with Gasteiger partial charge in [-0.05, 0) is 4.18 Å². The largest absolute Gasteiger partial charge is 0.438 e. The van der Waals surface area contributed by atoms with Crippen molar-refractivity contribution in [1.29, 1.82) is 0 Å². The molecule has 7 heavy (non-hydrogen) atoms. The van der Waals surface area contributed by atoms with Crippen LogP contribution < -0.4 is 0 Å². The van der Waals surface area contributed by atoms with Crippen LogP contribution in [0.3, 0.4) is 0 Å². The third-order valence-corrected chi connectivity index (χ3v) is 1.05. The zero-order valence-corrected chi connectivity index (χ0v) is 4.56. The zero-order valence-electron chi connectivity index (χ0n) is 3.75. The molecule has 0 atom stereocenters. The lowest BCUT2D eigenvalue weighted by molar-refractivity contribution is 0.305. The molecule has 42 valence electrons. The summed E-state index contributed by atoms with van der Waals surface area (Å²) in [5.41, 5.74) is 0. The Morgan fingerprint density at radius 1 is 1.57 bits per heavy atom. The molecule has 5 heteroatoms. The highest BCUT2D eigenvalue weighted by Gasteiger charge is 2.07. The van der Waals surface area contributed by atoms with E-state index in [-0.39, 0.29) is 0 Å². The molecule has 4 nitrogen and oxygen atoms in total. The first-order valence-corrected chi connectivity index (χ1v) is 2.70. The minimum Gasteiger partial charge on any atom is -0.249 e. The van der Waals surface area contributed by atoms with Crippen molar-refractivity contribution < 1.29 is 16.8 Å². The zero-order chi connectivity index (χ0) is 5.91. The molecule has 0 amide bonds. The summed E-state index contributed by atoms with van der Waals surface area (Å²) < 4.78 is 27.1. The van der Waals surface area contributed by atoms with Gasteiger partial charge in [0.2, 0.25) is 7.11 Å². The van der Waals surface area contributed by atoms with Crippen molar-refractivity contribution in [2.45, 2.75) is 0 Å². The topological polar surface area (TPSA) is 52.6 Å². The van der Waals surface area contributed by atoms with E-state index < -0.39 is 10.4 Å². The van der Waals surface area contributed by atoms with E-state index >= 15 is 0 Å². The first-order chi connectivity index (χ1) is 3.12. The van der Waals surface area contributed by atoms with Gasteiger partial charge in [0.25, 0.3) is 0 Å². The Bertz CT molecular complexity index is 113. The van der Waals surface area contributed by atoms with E-state index in [0.717, 1.165) is 7.11 Å². The molecular formula is C2H5O4S+. The molecule has 0 saturated heterocycles. The average molecular weight is 125 g/mol. The Balaban J connectivity index is 3.89. The molecule has 0 unspecified atom stereocenters. The minimum atomic E-state index is -3.77. The molecule has 0 aromatic carbocycles. The highest BCUT2D eigenvalue weighted by atomic mass is 32.3. The molecule has 0 heterocycles. The fourth-order valence-electron chi connectivity index (χ4n) is 0.0481. The standard InChI is InChI=1S/C2H5O4S/c1-5-7(3,4)6-2/h1H2,2H3/q+1. The van der Waals surface area contributed by atoms with Gasteiger partial charge in [-0.3, -0.25) is 0 Å². The Labute approximate surface area is 42.4 Å². The first-order valence-electron chi connectivity index (χ1n) is 1.36. The molecule has 0 fully saturated rings. The van der Waals surface area contributed by atoms with Crippen LogP contribution >= 0.6 is 0 Å². The van der Waals surface area contributed by atoms with E-state index in [9.17, 15) is 8.42 Å². The lowest BCUT2D eigenvalue weighted by Gasteiger charge is -1.85. The van der Waals surface area contributed by atoms with Crippen molar-refractivity contribution in [3.8, 4) is 0 Å². The van der Waals surface area contributed by atoms with Crippen LogP contribution in [0, 0.1) is 7.11 Å². The maximum absolute atomic E-state index is 9.86. The lowest BCUT2D eigenvalue weighted by Crippen LogP contribution is -2.01. The van der Waals surface area contributed by atoms with Crippen LogP contribution in [0.5, 0.6) is 0 Å². The van der Waals surface area contributed by atoms with Crippen LogP contribution in [0.2, 0.25) is 0 Å². The Morgan fingerprint density at radius 2 is 2.00 bits per heavy atom. The van der Waals surface area contributed by atoms with E-state index in [1.54, 1.807) is 0 Å². The highest BCUT2D eigenvalue weighted by Crippen LogP contribution is 1.87. The Kier molecular flexibility index (Phi) is 2.07. The molecule has 0 aliphatic rings. The van der Waals surface area contributed by atoms with Crippen LogP contribution in [-0.4, -0.2) is 15.5 Å². The van der Waals surface area contributed by atoms with Crippen molar-refractivity contribution in [2.75, 3.05) is 7.11 Å². The minimum absolute atomic E-state index is 0.987. The first kappa shape index (κ1) is 6.74. The fourth-order valence-corrected chi connectivity index (χ4v) is 0.144. The van der Waals surface area contributed by atoms with Gasteiger partial charge in [0.05, 0.1) is 7.11 Å². The summed E-state index contributed by atoms with van der Waals surface area (Å²) in [5.74, 6) is 0. The Morgan fingerprint density at radius 3 is 2.00 bits per heavy atom. The normalized spacial score (nSPS) is 11.6. The predicted octanol–water partition coefficient (Wildman–Crippen LogP) is -0.314. The maximum atomic E-state index is 9.86. The second kappa shape index (κ2) is 2.15. The summed E-state index contributed by atoms with van der Waals surface area (Å²) in [6, 6.07) is 0. The quantitative estimate of drug-likeness (QED) is 0.475. The summed E-state index contributed by atoms with van der Waals surface area (Å²) in [7, 11) is -0.167. The van der Waals surface area contributed by atoms with Gasteiger partial charge in [-0.1, -0.05) is 0 Å². The third-order valence-electron chi connectivity index (χ3n) is 0.348. The van der Waals surface area contributed by atoms with E-state index in [4.69, 9.17) is 0 Å². The lowest BCUT2D eigenvalue weighted by atomic mass is 11.8. The van der Waals surface area contributed by atoms with Crippen LogP contribution in [-0.2, 0) is 18.8 Å². The van der Waals surface area contributed by atoms with Gasteiger partial charge in [0, 0.05) is 0 Å². The van der Waals surface area contributed by atoms with Gasteiger partial charge in [0.1, 0.15) is 0 Å². The average Bonchev–Trinajstić information content (AvgIpc) is 1.68. The summed E-state index contributed by atoms with van der Waals surface area (Å²) in [4.78, 5) is 0. The molecule has 0 radical (unpaired) electrons. The van der Waals surface area contributed by atoms with Crippen molar-refractivity contribution in [3.63, 3.8) is 0 Å². The number of hydrogen-bond donors (Lipinski definition) is 0. The van der Waals surface area contributed by atoms with E-state index in [0.29, 0.717) is 0 Å². The van der Waals surface area contributed by atoms with Crippen molar-refractivity contribution in [1.82, 2.24) is 0 Å². The van der Waals surface area contributed by atoms with Crippen LogP contribution in [0.1, 0.15) is 0 Å². The predicted molar refractivity (Wildman–Crippen MR) is 22.4 cm³/mol. The summed E-state index contributed by atoms with van der Waals surface area (Å²) in [5, 5.41) is 0. The monoisotopic (exact) mass is 125 g/mol. The second-order valence-electron chi connectivity index (χ2n) is 0.693. The van der Waals surface area contributed by atoms with Gasteiger partial charge in [-0.2, -0.15) is 8.42 Å². The maximum Gasteiger partial charge on any atom is 0.438 e. The molecule has 0 saturated carbocycles.